The lowest BCUT2D eigenvalue weighted by atomic mass is 10.1. The zero-order chi connectivity index (χ0) is 19.2. The van der Waals surface area contributed by atoms with Crippen LogP contribution in [0.3, 0.4) is 0 Å². The molecule has 0 bridgehead atoms. The summed E-state index contributed by atoms with van der Waals surface area (Å²) >= 11 is 0. The summed E-state index contributed by atoms with van der Waals surface area (Å²) in [6.45, 7) is 0.456. The maximum absolute atomic E-state index is 12.2. The molecule has 3 aromatic rings. The number of nitrogens with zero attached hydrogens (tertiary/aromatic N) is 1. The van der Waals surface area contributed by atoms with Gasteiger partial charge >= 0.3 is 0 Å². The van der Waals surface area contributed by atoms with Gasteiger partial charge in [0.05, 0.1) is 12.0 Å². The minimum Gasteiger partial charge on any atom is -0.497 e. The lowest BCUT2D eigenvalue weighted by molar-refractivity contribution is -0.384. The van der Waals surface area contributed by atoms with E-state index in [-0.39, 0.29) is 17.4 Å². The fourth-order valence-corrected chi connectivity index (χ4v) is 2.59. The second-order valence-electron chi connectivity index (χ2n) is 5.83. The maximum Gasteiger partial charge on any atom is 0.287 e. The molecule has 3 rings (SSSR count). The number of amides is 1. The molecule has 0 saturated carbocycles. The Morgan fingerprint density at radius 2 is 1.93 bits per heavy atom. The Morgan fingerprint density at radius 3 is 2.63 bits per heavy atom. The molecule has 1 amide bonds. The first-order valence-electron chi connectivity index (χ1n) is 8.32. The molecule has 0 fully saturated rings. The van der Waals surface area contributed by atoms with E-state index in [2.05, 4.69) is 5.32 Å². The van der Waals surface area contributed by atoms with Crippen molar-refractivity contribution in [2.75, 3.05) is 13.7 Å². The highest BCUT2D eigenvalue weighted by molar-refractivity contribution is 5.92. The molecule has 1 aromatic heterocycles. The molecule has 1 heterocycles. The number of ether oxygens (including phenoxy) is 1. The first-order chi connectivity index (χ1) is 13.1. The summed E-state index contributed by atoms with van der Waals surface area (Å²) in [6, 6.07) is 16.9. The molecular formula is C20H18N2O5. The van der Waals surface area contributed by atoms with Gasteiger partial charge in [-0.1, -0.05) is 24.3 Å². The zero-order valence-corrected chi connectivity index (χ0v) is 14.7. The third-order valence-electron chi connectivity index (χ3n) is 4.03. The van der Waals surface area contributed by atoms with Crippen LogP contribution in [0.25, 0.3) is 11.3 Å². The van der Waals surface area contributed by atoms with E-state index in [0.29, 0.717) is 24.3 Å². The minimum atomic E-state index is -0.473. The van der Waals surface area contributed by atoms with Gasteiger partial charge in [0.1, 0.15) is 11.5 Å². The van der Waals surface area contributed by atoms with Gasteiger partial charge in [0.2, 0.25) is 0 Å². The van der Waals surface area contributed by atoms with Gasteiger partial charge in [-0.2, -0.15) is 0 Å². The van der Waals surface area contributed by atoms with Crippen molar-refractivity contribution in [3.63, 3.8) is 0 Å². The van der Waals surface area contributed by atoms with Gasteiger partial charge in [0, 0.05) is 24.2 Å². The van der Waals surface area contributed by atoms with E-state index in [1.165, 1.54) is 12.1 Å². The zero-order valence-electron chi connectivity index (χ0n) is 14.7. The van der Waals surface area contributed by atoms with Crippen LogP contribution in [0, 0.1) is 10.1 Å². The Labute approximate surface area is 155 Å². The maximum atomic E-state index is 12.2. The number of hydrogen-bond donors (Lipinski definition) is 1. The van der Waals surface area contributed by atoms with E-state index in [1.807, 2.05) is 24.3 Å². The molecule has 0 aliphatic rings. The van der Waals surface area contributed by atoms with Crippen molar-refractivity contribution in [3.05, 3.63) is 82.1 Å². The Morgan fingerprint density at radius 1 is 1.15 bits per heavy atom. The molecule has 2 aromatic carbocycles. The van der Waals surface area contributed by atoms with E-state index >= 15 is 0 Å². The molecule has 0 saturated heterocycles. The first kappa shape index (κ1) is 18.2. The molecular weight excluding hydrogens is 348 g/mol. The fraction of sp³-hybridized carbons (Fsp3) is 0.150. The number of nitrogens with one attached hydrogen (secondary N) is 1. The molecule has 0 spiro atoms. The van der Waals surface area contributed by atoms with E-state index in [4.69, 9.17) is 9.15 Å². The van der Waals surface area contributed by atoms with Gasteiger partial charge in [-0.05, 0) is 36.2 Å². The minimum absolute atomic E-state index is 0.0330. The summed E-state index contributed by atoms with van der Waals surface area (Å²) in [6.07, 6.45) is 0.675. The van der Waals surface area contributed by atoms with Gasteiger partial charge in [-0.25, -0.2) is 0 Å². The molecule has 1 N–H and O–H groups in total. The van der Waals surface area contributed by atoms with Crippen LogP contribution in [0.15, 0.2) is 65.1 Å². The van der Waals surface area contributed by atoms with E-state index in [1.54, 1.807) is 31.4 Å². The number of nitro benzene ring substituents is 1. The monoisotopic (exact) mass is 366 g/mol. The number of non-ortho nitro benzene ring substituents is 1. The van der Waals surface area contributed by atoms with Crippen molar-refractivity contribution in [2.24, 2.45) is 0 Å². The fourth-order valence-electron chi connectivity index (χ4n) is 2.59. The van der Waals surface area contributed by atoms with Crippen LogP contribution in [0.2, 0.25) is 0 Å². The van der Waals surface area contributed by atoms with Crippen LogP contribution in [-0.4, -0.2) is 24.5 Å². The van der Waals surface area contributed by atoms with E-state index in [0.717, 1.165) is 11.3 Å². The van der Waals surface area contributed by atoms with Crippen molar-refractivity contribution in [1.29, 1.82) is 0 Å². The lowest BCUT2D eigenvalue weighted by Gasteiger charge is -2.05. The highest BCUT2D eigenvalue weighted by Crippen LogP contribution is 2.25. The summed E-state index contributed by atoms with van der Waals surface area (Å²) in [5.74, 6) is 1.01. The average molecular weight is 366 g/mol. The predicted octanol–water partition coefficient (Wildman–Crippen LogP) is 3.84. The van der Waals surface area contributed by atoms with Crippen LogP contribution in [0.4, 0.5) is 5.69 Å². The number of benzene rings is 2. The van der Waals surface area contributed by atoms with Crippen molar-refractivity contribution >= 4 is 11.6 Å². The smallest absolute Gasteiger partial charge is 0.287 e. The molecule has 0 unspecified atom stereocenters. The molecule has 0 radical (unpaired) electrons. The molecule has 0 aliphatic carbocycles. The number of carbonyl (C=O) groups is 1. The van der Waals surface area contributed by atoms with E-state index < -0.39 is 4.92 Å². The molecule has 138 valence electrons. The Bertz CT molecular complexity index is 947. The Kier molecular flexibility index (Phi) is 5.51. The summed E-state index contributed by atoms with van der Waals surface area (Å²) in [5, 5.41) is 13.7. The van der Waals surface area contributed by atoms with E-state index in [9.17, 15) is 14.9 Å². The Balaban J connectivity index is 1.59. The summed E-state index contributed by atoms with van der Waals surface area (Å²) in [4.78, 5) is 22.6. The lowest BCUT2D eigenvalue weighted by Crippen LogP contribution is -2.25. The normalized spacial score (nSPS) is 10.4. The van der Waals surface area contributed by atoms with Crippen LogP contribution in [-0.2, 0) is 6.42 Å². The number of rotatable bonds is 7. The van der Waals surface area contributed by atoms with Gasteiger partial charge in [0.15, 0.2) is 5.76 Å². The first-order valence-corrected chi connectivity index (χ1v) is 8.32. The number of methoxy groups -OCH3 is 1. The Hall–Kier alpha value is -3.61. The van der Waals surface area contributed by atoms with Crippen molar-refractivity contribution in [2.45, 2.75) is 6.42 Å². The van der Waals surface area contributed by atoms with Gasteiger partial charge in [-0.15, -0.1) is 0 Å². The molecule has 7 heteroatoms. The number of nitro groups is 1. The summed E-state index contributed by atoms with van der Waals surface area (Å²) < 4.78 is 10.7. The average Bonchev–Trinajstić information content (AvgIpc) is 3.19. The van der Waals surface area contributed by atoms with Crippen molar-refractivity contribution < 1.29 is 18.9 Å². The predicted molar refractivity (Wildman–Crippen MR) is 99.8 cm³/mol. The van der Waals surface area contributed by atoms with Crippen LogP contribution in [0.5, 0.6) is 5.75 Å². The SMILES string of the molecule is COc1ccc(CCNC(=O)c2ccc(-c3cccc([N+](=O)[O-])c3)o2)cc1. The highest BCUT2D eigenvalue weighted by Gasteiger charge is 2.14. The van der Waals surface area contributed by atoms with Crippen molar-refractivity contribution in [3.8, 4) is 17.1 Å². The van der Waals surface area contributed by atoms with Crippen molar-refractivity contribution in [1.82, 2.24) is 5.32 Å². The highest BCUT2D eigenvalue weighted by atomic mass is 16.6. The second kappa shape index (κ2) is 8.18. The molecule has 27 heavy (non-hydrogen) atoms. The quantitative estimate of drug-likeness (QED) is 0.506. The largest absolute Gasteiger partial charge is 0.497 e. The second-order valence-corrected chi connectivity index (χ2v) is 5.83. The number of furan rings is 1. The van der Waals surface area contributed by atoms with Gasteiger partial charge < -0.3 is 14.5 Å². The third-order valence-corrected chi connectivity index (χ3v) is 4.03. The van der Waals surface area contributed by atoms with Gasteiger partial charge in [0.25, 0.3) is 11.6 Å². The topological polar surface area (TPSA) is 94.6 Å². The van der Waals surface area contributed by atoms with Gasteiger partial charge in [-0.3, -0.25) is 14.9 Å². The summed E-state index contributed by atoms with van der Waals surface area (Å²) in [5.41, 5.74) is 1.59. The molecule has 0 atom stereocenters. The van der Waals surface area contributed by atoms with Crippen LogP contribution >= 0.6 is 0 Å². The standard InChI is InChI=1S/C20H18N2O5/c1-26-17-7-5-14(6-8-17)11-12-21-20(23)19-10-9-18(27-19)15-3-2-4-16(13-15)22(24)25/h2-10,13H,11-12H2,1H3,(H,21,23). The summed E-state index contributed by atoms with van der Waals surface area (Å²) in [7, 11) is 1.61. The number of hydrogen-bond acceptors (Lipinski definition) is 5. The number of carbonyl (C=O) groups excluding carboxylic acids is 1. The third kappa shape index (κ3) is 4.52. The molecule has 7 nitrogen and oxygen atoms in total. The van der Waals surface area contributed by atoms with Crippen LogP contribution < -0.4 is 10.1 Å². The van der Waals surface area contributed by atoms with Crippen LogP contribution in [0.1, 0.15) is 16.1 Å². The molecule has 0 aliphatic heterocycles.